The largest absolute Gasteiger partial charge is 0.493 e. The van der Waals surface area contributed by atoms with E-state index in [2.05, 4.69) is 4.99 Å². The van der Waals surface area contributed by atoms with Crippen molar-refractivity contribution >= 4 is 41.1 Å². The molecule has 0 spiro atoms. The number of esters is 1. The molecule has 174 valence electrons. The molecule has 34 heavy (non-hydrogen) atoms. The van der Waals surface area contributed by atoms with Crippen molar-refractivity contribution in [3.05, 3.63) is 98.2 Å². The molecule has 0 fully saturated rings. The van der Waals surface area contributed by atoms with Crippen molar-refractivity contribution in [2.45, 2.75) is 13.5 Å². The number of hydrogen-bond acceptors (Lipinski definition) is 5. The number of methoxy groups -OCH3 is 1. The lowest BCUT2D eigenvalue weighted by atomic mass is 10.1. The zero-order valence-electron chi connectivity index (χ0n) is 18.0. The van der Waals surface area contributed by atoms with Gasteiger partial charge in [0.15, 0.2) is 28.8 Å². The fraction of sp³-hybridized carbons (Fsp3) is 0.120. The third-order valence-electron chi connectivity index (χ3n) is 4.92. The highest BCUT2D eigenvalue weighted by Crippen LogP contribution is 2.38. The third kappa shape index (κ3) is 5.05. The van der Waals surface area contributed by atoms with E-state index < -0.39 is 17.6 Å². The molecule has 0 saturated heterocycles. The molecule has 1 aliphatic heterocycles. The summed E-state index contributed by atoms with van der Waals surface area (Å²) in [5, 5.41) is 0.115. The molecular weight excluding hydrogens is 487 g/mol. The van der Waals surface area contributed by atoms with E-state index in [9.17, 15) is 13.6 Å². The molecule has 9 heteroatoms. The molecular formula is C25H17Cl2F2NO4. The molecule has 5 nitrogen and oxygen atoms in total. The van der Waals surface area contributed by atoms with Crippen LogP contribution in [-0.2, 0) is 16.1 Å². The van der Waals surface area contributed by atoms with Crippen LogP contribution < -0.4 is 9.47 Å². The highest BCUT2D eigenvalue weighted by atomic mass is 35.5. The first-order chi connectivity index (χ1) is 16.2. The lowest BCUT2D eigenvalue weighted by Crippen LogP contribution is -2.07. The van der Waals surface area contributed by atoms with Gasteiger partial charge < -0.3 is 14.2 Å². The second-order valence-electron chi connectivity index (χ2n) is 7.39. The third-order valence-corrected chi connectivity index (χ3v) is 5.51. The van der Waals surface area contributed by atoms with Gasteiger partial charge in [-0.05, 0) is 48.4 Å². The van der Waals surface area contributed by atoms with Crippen LogP contribution in [0.2, 0.25) is 10.0 Å². The molecule has 4 rings (SSSR count). The Labute approximate surface area is 204 Å². The minimum absolute atomic E-state index is 0.0483. The molecule has 0 bridgehead atoms. The van der Waals surface area contributed by atoms with Gasteiger partial charge in [-0.1, -0.05) is 53.0 Å². The van der Waals surface area contributed by atoms with Crippen LogP contribution in [-0.4, -0.2) is 19.0 Å². The normalized spacial score (nSPS) is 14.2. The monoisotopic (exact) mass is 503 g/mol. The molecule has 0 atom stereocenters. The van der Waals surface area contributed by atoms with Crippen LogP contribution in [0.1, 0.15) is 22.3 Å². The standard InChI is InChI=1S/C25H17Cl2F2NO4/c1-13-3-5-14(6-4-13)12-33-23-18(27)7-15(9-22(23)32-2)8-21-25(31)34-24(30-21)16-10-19(28)20(29)11-17(16)26/h3-11H,12H2,1-2H3/b21-8-. The van der Waals surface area contributed by atoms with Gasteiger partial charge in [0.2, 0.25) is 5.90 Å². The van der Waals surface area contributed by atoms with E-state index in [1.165, 1.54) is 13.2 Å². The van der Waals surface area contributed by atoms with E-state index in [1.54, 1.807) is 12.1 Å². The van der Waals surface area contributed by atoms with Crippen molar-refractivity contribution in [2.75, 3.05) is 7.11 Å². The van der Waals surface area contributed by atoms with E-state index in [0.717, 1.165) is 23.3 Å². The quantitative estimate of drug-likeness (QED) is 0.218. The van der Waals surface area contributed by atoms with E-state index in [1.807, 2.05) is 31.2 Å². The van der Waals surface area contributed by atoms with E-state index in [0.29, 0.717) is 17.1 Å². The SMILES string of the molecule is COc1cc(/C=C2\N=C(c3cc(F)c(F)cc3Cl)OC2=O)cc(Cl)c1OCc1ccc(C)cc1. The molecule has 0 N–H and O–H groups in total. The number of aliphatic imine (C=N–C) groups is 1. The van der Waals surface area contributed by atoms with Gasteiger partial charge in [-0.15, -0.1) is 0 Å². The summed E-state index contributed by atoms with van der Waals surface area (Å²) in [4.78, 5) is 16.4. The van der Waals surface area contributed by atoms with Crippen LogP contribution in [0.15, 0.2) is 59.2 Å². The average Bonchev–Trinajstić information content (AvgIpc) is 3.16. The molecule has 0 aromatic heterocycles. The van der Waals surface area contributed by atoms with Crippen molar-refractivity contribution in [1.29, 1.82) is 0 Å². The van der Waals surface area contributed by atoms with Gasteiger partial charge in [-0.3, -0.25) is 0 Å². The molecule has 0 saturated carbocycles. The number of nitrogens with zero attached hydrogens (tertiary/aromatic N) is 1. The summed E-state index contributed by atoms with van der Waals surface area (Å²) in [6.45, 7) is 2.28. The number of carbonyl (C=O) groups is 1. The minimum atomic E-state index is -1.15. The number of carbonyl (C=O) groups excluding carboxylic acids is 1. The molecule has 3 aromatic carbocycles. The fourth-order valence-corrected chi connectivity index (χ4v) is 3.68. The van der Waals surface area contributed by atoms with Gasteiger partial charge in [-0.25, -0.2) is 18.6 Å². The van der Waals surface area contributed by atoms with Crippen LogP contribution in [0, 0.1) is 18.6 Å². The molecule has 0 aliphatic carbocycles. The molecule has 0 amide bonds. The van der Waals surface area contributed by atoms with Crippen LogP contribution in [0.3, 0.4) is 0 Å². The molecule has 1 heterocycles. The van der Waals surface area contributed by atoms with Gasteiger partial charge in [0, 0.05) is 0 Å². The number of cyclic esters (lactones) is 1. The topological polar surface area (TPSA) is 57.1 Å². The Kier molecular flexibility index (Phi) is 6.86. The maximum Gasteiger partial charge on any atom is 0.363 e. The van der Waals surface area contributed by atoms with E-state index in [-0.39, 0.29) is 33.8 Å². The van der Waals surface area contributed by atoms with Crippen molar-refractivity contribution in [3.8, 4) is 11.5 Å². The number of rotatable bonds is 6. The summed E-state index contributed by atoms with van der Waals surface area (Å²) in [6.07, 6.45) is 1.42. The second kappa shape index (κ2) is 9.83. The van der Waals surface area contributed by atoms with Crippen molar-refractivity contribution in [2.24, 2.45) is 4.99 Å². The Hall–Kier alpha value is -3.42. The Morgan fingerprint density at radius 2 is 1.74 bits per heavy atom. The predicted octanol–water partition coefficient (Wildman–Crippen LogP) is 6.51. The summed E-state index contributed by atoms with van der Waals surface area (Å²) in [7, 11) is 1.46. The van der Waals surface area contributed by atoms with Crippen LogP contribution in [0.25, 0.3) is 6.08 Å². The lowest BCUT2D eigenvalue weighted by molar-refractivity contribution is -0.129. The Morgan fingerprint density at radius 1 is 1.03 bits per heavy atom. The molecule has 3 aromatic rings. The first-order valence-corrected chi connectivity index (χ1v) is 10.7. The number of halogens is 4. The van der Waals surface area contributed by atoms with E-state index >= 15 is 0 Å². The first-order valence-electron chi connectivity index (χ1n) is 9.98. The van der Waals surface area contributed by atoms with Gasteiger partial charge in [-0.2, -0.15) is 0 Å². The smallest absolute Gasteiger partial charge is 0.363 e. The summed E-state index contributed by atoms with van der Waals surface area (Å²) in [6, 6.07) is 12.7. The van der Waals surface area contributed by atoms with Crippen molar-refractivity contribution in [3.63, 3.8) is 0 Å². The van der Waals surface area contributed by atoms with Crippen molar-refractivity contribution < 1.29 is 27.8 Å². The zero-order chi connectivity index (χ0) is 24.4. The molecule has 0 unspecified atom stereocenters. The Morgan fingerprint density at radius 3 is 2.44 bits per heavy atom. The van der Waals surface area contributed by atoms with Crippen LogP contribution >= 0.6 is 23.2 Å². The van der Waals surface area contributed by atoms with Gasteiger partial charge in [0.25, 0.3) is 0 Å². The zero-order valence-corrected chi connectivity index (χ0v) is 19.5. The Balaban J connectivity index is 1.61. The maximum atomic E-state index is 13.6. The highest BCUT2D eigenvalue weighted by Gasteiger charge is 2.27. The molecule has 1 aliphatic rings. The van der Waals surface area contributed by atoms with Crippen molar-refractivity contribution in [1.82, 2.24) is 0 Å². The minimum Gasteiger partial charge on any atom is -0.493 e. The summed E-state index contributed by atoms with van der Waals surface area (Å²) in [5.41, 5.74) is 2.45. The number of aryl methyl sites for hydroxylation is 1. The molecule has 0 radical (unpaired) electrons. The number of hydrogen-bond donors (Lipinski definition) is 0. The lowest BCUT2D eigenvalue weighted by Gasteiger charge is -2.13. The summed E-state index contributed by atoms with van der Waals surface area (Å²) in [5.74, 6) is -2.60. The summed E-state index contributed by atoms with van der Waals surface area (Å²) >= 11 is 12.4. The van der Waals surface area contributed by atoms with Gasteiger partial charge in [0.05, 0.1) is 22.7 Å². The first kappa shape index (κ1) is 23.7. The average molecular weight is 504 g/mol. The van der Waals surface area contributed by atoms with Gasteiger partial charge >= 0.3 is 5.97 Å². The van der Waals surface area contributed by atoms with E-state index in [4.69, 9.17) is 37.4 Å². The number of benzene rings is 3. The maximum absolute atomic E-state index is 13.6. The Bertz CT molecular complexity index is 1340. The highest BCUT2D eigenvalue weighted by molar-refractivity contribution is 6.34. The predicted molar refractivity (Wildman–Crippen MR) is 125 cm³/mol. The van der Waals surface area contributed by atoms with Crippen LogP contribution in [0.4, 0.5) is 8.78 Å². The summed E-state index contributed by atoms with van der Waals surface area (Å²) < 4.78 is 43.3. The fourth-order valence-electron chi connectivity index (χ4n) is 3.17. The van der Waals surface area contributed by atoms with Crippen LogP contribution in [0.5, 0.6) is 11.5 Å². The second-order valence-corrected chi connectivity index (χ2v) is 8.21. The van der Waals surface area contributed by atoms with Gasteiger partial charge in [0.1, 0.15) is 6.61 Å². The number of ether oxygens (including phenoxy) is 3.